The SMILES string of the molecule is CCCCC(=O)[C@H](OC(=O)CN)[C@@H](OC(=O)CNCl)C(=O)NCCC. The Balaban J connectivity index is 5.43. The van der Waals surface area contributed by atoms with Gasteiger partial charge in [-0.25, -0.2) is 4.84 Å². The lowest BCUT2D eigenvalue weighted by atomic mass is 10.0. The third-order valence-electron chi connectivity index (χ3n) is 3.07. The van der Waals surface area contributed by atoms with Crippen LogP contribution in [-0.4, -0.2) is 55.5 Å². The second-order valence-electron chi connectivity index (χ2n) is 5.20. The molecule has 25 heavy (non-hydrogen) atoms. The van der Waals surface area contributed by atoms with E-state index in [0.29, 0.717) is 19.4 Å². The largest absolute Gasteiger partial charge is 0.449 e. The third kappa shape index (κ3) is 9.37. The lowest BCUT2D eigenvalue weighted by Crippen LogP contribution is -2.51. The van der Waals surface area contributed by atoms with E-state index in [1.54, 1.807) is 0 Å². The molecule has 10 heteroatoms. The Kier molecular flexibility index (Phi) is 12.6. The van der Waals surface area contributed by atoms with Gasteiger partial charge in [0.1, 0.15) is 6.54 Å². The van der Waals surface area contributed by atoms with E-state index in [2.05, 4.69) is 10.2 Å². The number of amides is 1. The van der Waals surface area contributed by atoms with Crippen LogP contribution in [0.25, 0.3) is 0 Å². The Morgan fingerprint density at radius 3 is 2.20 bits per heavy atom. The predicted molar refractivity (Wildman–Crippen MR) is 90.5 cm³/mol. The molecule has 0 radical (unpaired) electrons. The highest BCUT2D eigenvalue weighted by Gasteiger charge is 2.39. The van der Waals surface area contributed by atoms with E-state index in [9.17, 15) is 19.2 Å². The normalized spacial score (nSPS) is 12.8. The van der Waals surface area contributed by atoms with Crippen molar-refractivity contribution in [3.63, 3.8) is 0 Å². The molecule has 0 aliphatic rings. The van der Waals surface area contributed by atoms with E-state index < -0.39 is 42.4 Å². The van der Waals surface area contributed by atoms with Crippen LogP contribution >= 0.6 is 11.8 Å². The van der Waals surface area contributed by atoms with Gasteiger partial charge in [0.05, 0.1) is 6.54 Å². The summed E-state index contributed by atoms with van der Waals surface area (Å²) in [6, 6.07) is 0. The van der Waals surface area contributed by atoms with E-state index >= 15 is 0 Å². The van der Waals surface area contributed by atoms with Crippen LogP contribution < -0.4 is 15.9 Å². The summed E-state index contributed by atoms with van der Waals surface area (Å²) in [5.41, 5.74) is 5.20. The minimum Gasteiger partial charge on any atom is -0.449 e. The zero-order valence-electron chi connectivity index (χ0n) is 14.5. The smallest absolute Gasteiger partial charge is 0.322 e. The summed E-state index contributed by atoms with van der Waals surface area (Å²) in [4.78, 5) is 50.0. The zero-order chi connectivity index (χ0) is 19.2. The maximum Gasteiger partial charge on any atom is 0.322 e. The molecule has 144 valence electrons. The molecule has 2 atom stereocenters. The molecule has 4 N–H and O–H groups in total. The number of hydrogen-bond donors (Lipinski definition) is 3. The summed E-state index contributed by atoms with van der Waals surface area (Å²) in [6.45, 7) is 3.15. The summed E-state index contributed by atoms with van der Waals surface area (Å²) >= 11 is 5.24. The fourth-order valence-electron chi connectivity index (χ4n) is 1.82. The standard InChI is InChI=1S/C15H26ClN3O6/c1-3-5-6-10(20)13(24-11(21)8-17)14(15(23)18-7-4-2)25-12(22)9-19-16/h13-14,19H,3-9,17H2,1-2H3,(H,18,23)/t13-,14+/m0/s1. The first kappa shape index (κ1) is 23.3. The molecule has 0 aromatic heterocycles. The second kappa shape index (κ2) is 13.6. The first-order chi connectivity index (χ1) is 11.9. The number of carbonyl (C=O) groups excluding carboxylic acids is 4. The second-order valence-corrected chi connectivity index (χ2v) is 5.46. The van der Waals surface area contributed by atoms with Crippen LogP contribution in [0.1, 0.15) is 39.5 Å². The van der Waals surface area contributed by atoms with Gasteiger partial charge in [-0.3, -0.25) is 19.2 Å². The van der Waals surface area contributed by atoms with E-state index in [4.69, 9.17) is 27.0 Å². The van der Waals surface area contributed by atoms with Gasteiger partial charge in [0.25, 0.3) is 5.91 Å². The van der Waals surface area contributed by atoms with E-state index in [0.717, 1.165) is 6.42 Å². The quantitative estimate of drug-likeness (QED) is 0.295. The van der Waals surface area contributed by atoms with Gasteiger partial charge >= 0.3 is 11.9 Å². The van der Waals surface area contributed by atoms with Gasteiger partial charge in [-0.1, -0.05) is 20.3 Å². The molecule has 1 amide bonds. The average molecular weight is 380 g/mol. The first-order valence-corrected chi connectivity index (χ1v) is 8.51. The van der Waals surface area contributed by atoms with Crippen molar-refractivity contribution >= 4 is 35.4 Å². The molecule has 0 spiro atoms. The summed E-state index contributed by atoms with van der Waals surface area (Å²) < 4.78 is 10.0. The highest BCUT2D eigenvalue weighted by molar-refractivity contribution is 6.14. The van der Waals surface area contributed by atoms with Gasteiger partial charge in [0, 0.05) is 13.0 Å². The predicted octanol–water partition coefficient (Wildman–Crippen LogP) is -0.202. The Bertz CT molecular complexity index is 461. The number of halogens is 1. The number of hydrogen-bond acceptors (Lipinski definition) is 8. The molecule has 0 bridgehead atoms. The van der Waals surface area contributed by atoms with Crippen LogP contribution in [0, 0.1) is 0 Å². The van der Waals surface area contributed by atoms with Gasteiger partial charge in [-0.05, 0) is 24.6 Å². The number of esters is 2. The van der Waals surface area contributed by atoms with Gasteiger partial charge in [-0.2, -0.15) is 0 Å². The Labute approximate surface area is 152 Å². The molecule has 0 aliphatic carbocycles. The number of rotatable bonds is 13. The van der Waals surface area contributed by atoms with Gasteiger partial charge < -0.3 is 20.5 Å². The molecule has 9 nitrogen and oxygen atoms in total. The number of nitrogens with two attached hydrogens (primary N) is 1. The average Bonchev–Trinajstić information content (AvgIpc) is 2.60. The molecular weight excluding hydrogens is 354 g/mol. The van der Waals surface area contributed by atoms with Crippen molar-refractivity contribution in [1.29, 1.82) is 0 Å². The molecule has 0 heterocycles. The molecule has 0 aromatic carbocycles. The molecule has 0 rings (SSSR count). The van der Waals surface area contributed by atoms with Crippen molar-refractivity contribution in [2.45, 2.75) is 51.7 Å². The summed E-state index contributed by atoms with van der Waals surface area (Å²) in [6.07, 6.45) is -1.20. The highest BCUT2D eigenvalue weighted by atomic mass is 35.5. The molecule has 0 unspecified atom stereocenters. The van der Waals surface area contributed by atoms with Crippen molar-refractivity contribution in [2.24, 2.45) is 5.73 Å². The van der Waals surface area contributed by atoms with Crippen molar-refractivity contribution < 1.29 is 28.7 Å². The highest BCUT2D eigenvalue weighted by Crippen LogP contribution is 2.12. The van der Waals surface area contributed by atoms with Crippen LogP contribution in [0.3, 0.4) is 0 Å². The zero-order valence-corrected chi connectivity index (χ0v) is 15.3. The van der Waals surface area contributed by atoms with Crippen molar-refractivity contribution in [3.05, 3.63) is 0 Å². The number of unbranched alkanes of at least 4 members (excludes halogenated alkanes) is 1. The van der Waals surface area contributed by atoms with Crippen LogP contribution in [0.15, 0.2) is 0 Å². The van der Waals surface area contributed by atoms with Gasteiger partial charge in [0.2, 0.25) is 12.2 Å². The number of Topliss-reactive ketones (excluding diaryl/α,β-unsaturated/α-hetero) is 1. The molecule has 0 fully saturated rings. The number of carbonyl (C=O) groups is 4. The molecule has 0 saturated heterocycles. The van der Waals surface area contributed by atoms with Crippen molar-refractivity contribution in [2.75, 3.05) is 19.6 Å². The van der Waals surface area contributed by atoms with Crippen LogP contribution in [-0.2, 0) is 28.7 Å². The molecule has 0 saturated carbocycles. The lowest BCUT2D eigenvalue weighted by molar-refractivity contribution is -0.174. The molecule has 0 aromatic rings. The van der Waals surface area contributed by atoms with Crippen LogP contribution in [0.4, 0.5) is 0 Å². The fraction of sp³-hybridized carbons (Fsp3) is 0.733. The van der Waals surface area contributed by atoms with Crippen LogP contribution in [0.2, 0.25) is 0 Å². The number of ketones is 1. The Morgan fingerprint density at radius 1 is 1.04 bits per heavy atom. The monoisotopic (exact) mass is 379 g/mol. The fourth-order valence-corrected chi connectivity index (χ4v) is 1.93. The van der Waals surface area contributed by atoms with Crippen LogP contribution in [0.5, 0.6) is 0 Å². The van der Waals surface area contributed by atoms with E-state index in [1.807, 2.05) is 13.8 Å². The minimum atomic E-state index is -1.61. The summed E-state index contributed by atoms with van der Waals surface area (Å²) in [7, 11) is 0. The molecular formula is C15H26ClN3O6. The lowest BCUT2D eigenvalue weighted by Gasteiger charge is -2.25. The third-order valence-corrected chi connectivity index (χ3v) is 3.20. The maximum atomic E-state index is 12.4. The van der Waals surface area contributed by atoms with E-state index in [1.165, 1.54) is 0 Å². The summed E-state index contributed by atoms with van der Waals surface area (Å²) in [5.74, 6) is -3.00. The number of nitrogens with one attached hydrogen (secondary N) is 2. The Hall–Kier alpha value is -1.71. The van der Waals surface area contributed by atoms with Crippen molar-refractivity contribution in [3.8, 4) is 0 Å². The van der Waals surface area contributed by atoms with Gasteiger partial charge in [-0.15, -0.1) is 0 Å². The Morgan fingerprint density at radius 2 is 1.68 bits per heavy atom. The molecule has 0 aliphatic heterocycles. The topological polar surface area (TPSA) is 137 Å². The van der Waals surface area contributed by atoms with Gasteiger partial charge in [0.15, 0.2) is 5.78 Å². The van der Waals surface area contributed by atoms with E-state index in [-0.39, 0.29) is 13.0 Å². The minimum absolute atomic E-state index is 0.0713. The number of ether oxygens (including phenoxy) is 2. The maximum absolute atomic E-state index is 12.4. The summed E-state index contributed by atoms with van der Waals surface area (Å²) in [5, 5.41) is 2.52. The van der Waals surface area contributed by atoms with Crippen molar-refractivity contribution in [1.82, 2.24) is 10.2 Å². The first-order valence-electron chi connectivity index (χ1n) is 8.14.